The van der Waals surface area contributed by atoms with Crippen molar-refractivity contribution in [1.29, 1.82) is 0 Å². The molecule has 30 heavy (non-hydrogen) atoms. The van der Waals surface area contributed by atoms with Gasteiger partial charge in [-0.05, 0) is 60.8 Å². The summed E-state index contributed by atoms with van der Waals surface area (Å²) in [7, 11) is 0. The lowest BCUT2D eigenvalue weighted by Gasteiger charge is -2.35. The van der Waals surface area contributed by atoms with E-state index in [0.29, 0.717) is 39.0 Å². The van der Waals surface area contributed by atoms with Crippen LogP contribution in [0.5, 0.6) is 0 Å². The van der Waals surface area contributed by atoms with Gasteiger partial charge >= 0.3 is 0 Å². The van der Waals surface area contributed by atoms with Gasteiger partial charge in [0.2, 0.25) is 11.8 Å². The number of amides is 2. The van der Waals surface area contributed by atoms with E-state index in [1.807, 2.05) is 28.0 Å². The summed E-state index contributed by atoms with van der Waals surface area (Å²) in [5, 5.41) is 0. The van der Waals surface area contributed by atoms with Gasteiger partial charge in [-0.2, -0.15) is 0 Å². The van der Waals surface area contributed by atoms with Crippen LogP contribution in [0.15, 0.2) is 48.5 Å². The van der Waals surface area contributed by atoms with Gasteiger partial charge in [-0.1, -0.05) is 48.5 Å². The molecule has 0 aromatic heterocycles. The van der Waals surface area contributed by atoms with E-state index in [-0.39, 0.29) is 11.8 Å². The van der Waals surface area contributed by atoms with Crippen LogP contribution in [0.3, 0.4) is 0 Å². The second-order valence-electron chi connectivity index (χ2n) is 8.59. The lowest BCUT2D eigenvalue weighted by molar-refractivity contribution is -0.139. The maximum Gasteiger partial charge on any atom is 0.227 e. The van der Waals surface area contributed by atoms with Gasteiger partial charge in [0.25, 0.3) is 0 Å². The van der Waals surface area contributed by atoms with Gasteiger partial charge < -0.3 is 9.80 Å². The van der Waals surface area contributed by atoms with Crippen molar-refractivity contribution in [3.63, 3.8) is 0 Å². The summed E-state index contributed by atoms with van der Waals surface area (Å²) in [4.78, 5) is 29.1. The highest BCUT2D eigenvalue weighted by Crippen LogP contribution is 2.22. The quantitative estimate of drug-likeness (QED) is 0.735. The zero-order chi connectivity index (χ0) is 20.8. The molecule has 0 bridgehead atoms. The minimum atomic E-state index is 0.182. The van der Waals surface area contributed by atoms with Crippen LogP contribution in [-0.4, -0.2) is 47.8 Å². The van der Waals surface area contributed by atoms with Crippen molar-refractivity contribution < 1.29 is 9.59 Å². The largest absolute Gasteiger partial charge is 0.339 e. The van der Waals surface area contributed by atoms with Crippen molar-refractivity contribution in [2.45, 2.75) is 51.4 Å². The van der Waals surface area contributed by atoms with Gasteiger partial charge in [0.05, 0.1) is 6.42 Å². The summed E-state index contributed by atoms with van der Waals surface area (Å²) in [5.41, 5.74) is 5.29. The fraction of sp³-hybridized carbons (Fsp3) is 0.462. The monoisotopic (exact) mass is 404 g/mol. The Morgan fingerprint density at radius 2 is 1.40 bits per heavy atom. The Labute approximate surface area is 179 Å². The van der Waals surface area contributed by atoms with E-state index in [9.17, 15) is 9.59 Å². The van der Waals surface area contributed by atoms with E-state index in [1.165, 1.54) is 36.0 Å². The van der Waals surface area contributed by atoms with Crippen molar-refractivity contribution >= 4 is 11.8 Å². The number of rotatable bonds is 6. The van der Waals surface area contributed by atoms with Crippen LogP contribution < -0.4 is 0 Å². The minimum absolute atomic E-state index is 0.182. The molecule has 1 saturated heterocycles. The van der Waals surface area contributed by atoms with Gasteiger partial charge in [0.15, 0.2) is 0 Å². The first-order valence-corrected chi connectivity index (χ1v) is 11.4. The lowest BCUT2D eigenvalue weighted by atomic mass is 9.90. The Hall–Kier alpha value is -2.62. The molecule has 1 fully saturated rings. The van der Waals surface area contributed by atoms with Gasteiger partial charge in [-0.3, -0.25) is 9.59 Å². The van der Waals surface area contributed by atoms with E-state index in [1.54, 1.807) is 0 Å². The molecule has 1 heterocycles. The van der Waals surface area contributed by atoms with Crippen molar-refractivity contribution in [2.75, 3.05) is 26.2 Å². The molecule has 0 N–H and O–H groups in total. The fourth-order valence-corrected chi connectivity index (χ4v) is 4.63. The molecule has 0 unspecified atom stereocenters. The van der Waals surface area contributed by atoms with Crippen LogP contribution in [0.25, 0.3) is 0 Å². The third-order valence-corrected chi connectivity index (χ3v) is 6.45. The van der Waals surface area contributed by atoms with Crippen LogP contribution in [-0.2, 0) is 35.3 Å². The highest BCUT2D eigenvalue weighted by atomic mass is 16.2. The maximum atomic E-state index is 12.8. The molecule has 0 atom stereocenters. The molecule has 0 radical (unpaired) electrons. The number of nitrogens with zero attached hydrogens (tertiary/aromatic N) is 2. The molecular formula is C26H32N2O2. The van der Waals surface area contributed by atoms with Gasteiger partial charge in [-0.25, -0.2) is 0 Å². The van der Waals surface area contributed by atoms with Crippen molar-refractivity contribution in [1.82, 2.24) is 9.80 Å². The van der Waals surface area contributed by atoms with E-state index in [0.717, 1.165) is 24.8 Å². The van der Waals surface area contributed by atoms with Crippen molar-refractivity contribution in [2.24, 2.45) is 0 Å². The Morgan fingerprint density at radius 3 is 2.13 bits per heavy atom. The Morgan fingerprint density at radius 1 is 0.733 bits per heavy atom. The molecule has 4 heteroatoms. The van der Waals surface area contributed by atoms with Crippen molar-refractivity contribution in [3.05, 3.63) is 70.8 Å². The molecule has 0 spiro atoms. The standard InChI is InChI=1S/C26H32N2O2/c29-25(12-6-9-21-7-2-1-3-8-21)27-15-17-28(18-16-27)26(30)20-22-13-14-23-10-4-5-11-24(23)19-22/h1-3,7-8,13-14,19H,4-6,9-12,15-18,20H2. The van der Waals surface area contributed by atoms with E-state index in [4.69, 9.17) is 0 Å². The first-order chi connectivity index (χ1) is 14.7. The zero-order valence-corrected chi connectivity index (χ0v) is 17.8. The van der Waals surface area contributed by atoms with Crippen LogP contribution >= 0.6 is 0 Å². The average Bonchev–Trinajstić information content (AvgIpc) is 2.80. The second kappa shape index (κ2) is 9.92. The molecule has 1 aliphatic carbocycles. The number of hydrogen-bond donors (Lipinski definition) is 0. The third-order valence-electron chi connectivity index (χ3n) is 6.45. The summed E-state index contributed by atoms with van der Waals surface area (Å²) < 4.78 is 0. The number of hydrogen-bond acceptors (Lipinski definition) is 2. The first-order valence-electron chi connectivity index (χ1n) is 11.4. The number of fused-ring (bicyclic) bond motifs is 1. The highest BCUT2D eigenvalue weighted by Gasteiger charge is 2.24. The second-order valence-corrected chi connectivity index (χ2v) is 8.59. The Kier molecular flexibility index (Phi) is 6.83. The zero-order valence-electron chi connectivity index (χ0n) is 17.8. The first kappa shape index (κ1) is 20.6. The summed E-state index contributed by atoms with van der Waals surface area (Å²) >= 11 is 0. The number of piperazine rings is 1. The fourth-order valence-electron chi connectivity index (χ4n) is 4.63. The molecule has 0 saturated carbocycles. The molecule has 2 aromatic carbocycles. The predicted molar refractivity (Wildman–Crippen MR) is 119 cm³/mol. The molecule has 1 aliphatic heterocycles. The number of benzene rings is 2. The number of aryl methyl sites for hydroxylation is 3. The van der Waals surface area contributed by atoms with Crippen LogP contribution in [0.4, 0.5) is 0 Å². The summed E-state index contributed by atoms with van der Waals surface area (Å²) in [6.45, 7) is 2.60. The van der Waals surface area contributed by atoms with E-state index in [2.05, 4.69) is 30.3 Å². The summed E-state index contributed by atoms with van der Waals surface area (Å²) in [6, 6.07) is 16.9. The minimum Gasteiger partial charge on any atom is -0.339 e. The van der Waals surface area contributed by atoms with Crippen LogP contribution in [0.2, 0.25) is 0 Å². The van der Waals surface area contributed by atoms with Crippen LogP contribution in [0, 0.1) is 0 Å². The molecule has 4 nitrogen and oxygen atoms in total. The van der Waals surface area contributed by atoms with Gasteiger partial charge in [0.1, 0.15) is 0 Å². The molecule has 158 valence electrons. The molecule has 2 aromatic rings. The highest BCUT2D eigenvalue weighted by molar-refractivity contribution is 5.80. The van der Waals surface area contributed by atoms with E-state index >= 15 is 0 Å². The SMILES string of the molecule is O=C(CCCc1ccccc1)N1CCN(C(=O)Cc2ccc3c(c2)CCCC3)CC1. The van der Waals surface area contributed by atoms with Crippen molar-refractivity contribution in [3.8, 4) is 0 Å². The maximum absolute atomic E-state index is 12.8. The smallest absolute Gasteiger partial charge is 0.227 e. The third kappa shape index (κ3) is 5.29. The lowest BCUT2D eigenvalue weighted by Crippen LogP contribution is -2.51. The van der Waals surface area contributed by atoms with Crippen LogP contribution in [0.1, 0.15) is 47.9 Å². The number of carbonyl (C=O) groups is 2. The summed E-state index contributed by atoms with van der Waals surface area (Å²) in [5.74, 6) is 0.398. The Balaban J connectivity index is 1.21. The topological polar surface area (TPSA) is 40.6 Å². The van der Waals surface area contributed by atoms with Gasteiger partial charge in [0, 0.05) is 32.6 Å². The average molecular weight is 405 g/mol. The van der Waals surface area contributed by atoms with Gasteiger partial charge in [-0.15, -0.1) is 0 Å². The Bertz CT molecular complexity index is 870. The number of carbonyl (C=O) groups excluding carboxylic acids is 2. The molecule has 4 rings (SSSR count). The predicted octanol–water partition coefficient (Wildman–Crippen LogP) is 3.80. The summed E-state index contributed by atoms with van der Waals surface area (Å²) in [6.07, 6.45) is 7.71. The van der Waals surface area contributed by atoms with E-state index < -0.39 is 0 Å². The normalized spacial score (nSPS) is 16.3. The molecule has 2 aliphatic rings. The molecule has 2 amide bonds. The molecular weight excluding hydrogens is 372 g/mol.